The number of carbonyl (C=O) groups excluding carboxylic acids is 2. The average molecular weight is 372 g/mol. The van der Waals surface area contributed by atoms with Gasteiger partial charge in [-0.05, 0) is 17.5 Å². The van der Waals surface area contributed by atoms with E-state index in [4.69, 9.17) is 0 Å². The van der Waals surface area contributed by atoms with E-state index in [1.165, 1.54) is 0 Å². The zero-order valence-corrected chi connectivity index (χ0v) is 14.9. The number of hydrogen-bond donors (Lipinski definition) is 2. The lowest BCUT2D eigenvalue weighted by atomic mass is 9.98. The van der Waals surface area contributed by atoms with Gasteiger partial charge in [0.05, 0.1) is 17.5 Å². The lowest BCUT2D eigenvalue weighted by molar-refractivity contribution is -0.139. The van der Waals surface area contributed by atoms with E-state index in [0.29, 0.717) is 6.42 Å². The van der Waals surface area contributed by atoms with Gasteiger partial charge in [-0.2, -0.15) is 0 Å². The predicted octanol–water partition coefficient (Wildman–Crippen LogP) is 1.20. The van der Waals surface area contributed by atoms with Crippen LogP contribution in [0.2, 0.25) is 0 Å². The monoisotopic (exact) mass is 372 g/mol. The molecule has 1 heterocycles. The van der Waals surface area contributed by atoms with Crippen molar-refractivity contribution in [1.29, 1.82) is 0 Å². The van der Waals surface area contributed by atoms with Crippen LogP contribution < -0.4 is 10.6 Å². The molecule has 2 N–H and O–H groups in total. The highest BCUT2D eigenvalue weighted by molar-refractivity contribution is 7.91. The van der Waals surface area contributed by atoms with Gasteiger partial charge in [-0.25, -0.2) is 8.42 Å². The van der Waals surface area contributed by atoms with Crippen LogP contribution in [0.5, 0.6) is 0 Å². The van der Waals surface area contributed by atoms with Gasteiger partial charge in [0.1, 0.15) is 0 Å². The zero-order valence-electron chi connectivity index (χ0n) is 14.1. The summed E-state index contributed by atoms with van der Waals surface area (Å²) in [6.45, 7) is 0. The van der Waals surface area contributed by atoms with Crippen LogP contribution in [-0.4, -0.2) is 37.8 Å². The van der Waals surface area contributed by atoms with Gasteiger partial charge in [-0.1, -0.05) is 60.7 Å². The number of carbonyl (C=O) groups is 2. The predicted molar refractivity (Wildman–Crippen MR) is 98.1 cm³/mol. The maximum Gasteiger partial charge on any atom is 0.310 e. The fraction of sp³-hybridized carbons (Fsp3) is 0.263. The number of nitrogens with one attached hydrogen (secondary N) is 2. The molecule has 3 rings (SSSR count). The maximum absolute atomic E-state index is 12.4. The Labute approximate surface area is 152 Å². The topological polar surface area (TPSA) is 92.3 Å². The molecular formula is C19H20N2O4S. The molecule has 7 heteroatoms. The number of sulfone groups is 1. The first-order chi connectivity index (χ1) is 12.4. The molecule has 2 aromatic carbocycles. The lowest BCUT2D eigenvalue weighted by Crippen LogP contribution is -2.46. The third kappa shape index (κ3) is 4.49. The minimum atomic E-state index is -3.12. The molecule has 136 valence electrons. The molecule has 1 aliphatic rings. The number of amides is 2. The van der Waals surface area contributed by atoms with Crippen molar-refractivity contribution in [3.05, 3.63) is 71.8 Å². The molecule has 0 saturated carbocycles. The van der Waals surface area contributed by atoms with Crippen LogP contribution in [0.1, 0.15) is 23.6 Å². The quantitative estimate of drug-likeness (QED) is 0.789. The highest BCUT2D eigenvalue weighted by Crippen LogP contribution is 2.21. The number of benzene rings is 2. The highest BCUT2D eigenvalue weighted by Gasteiger charge is 2.31. The normalized spacial score (nSPS) is 18.4. The van der Waals surface area contributed by atoms with Gasteiger partial charge in [0.25, 0.3) is 0 Å². The molecule has 0 bridgehead atoms. The van der Waals surface area contributed by atoms with Crippen LogP contribution in [0.3, 0.4) is 0 Å². The Morgan fingerprint density at radius 3 is 1.88 bits per heavy atom. The van der Waals surface area contributed by atoms with Crippen LogP contribution in [0.15, 0.2) is 60.7 Å². The van der Waals surface area contributed by atoms with E-state index in [9.17, 15) is 18.0 Å². The van der Waals surface area contributed by atoms with Crippen molar-refractivity contribution in [2.45, 2.75) is 18.5 Å². The van der Waals surface area contributed by atoms with Gasteiger partial charge >= 0.3 is 11.8 Å². The molecule has 0 aromatic heterocycles. The van der Waals surface area contributed by atoms with Crippen LogP contribution >= 0.6 is 0 Å². The fourth-order valence-electron chi connectivity index (χ4n) is 3.01. The van der Waals surface area contributed by atoms with Crippen molar-refractivity contribution in [2.24, 2.45) is 0 Å². The summed E-state index contributed by atoms with van der Waals surface area (Å²) in [6, 6.07) is 17.7. The van der Waals surface area contributed by atoms with E-state index in [1.807, 2.05) is 60.7 Å². The van der Waals surface area contributed by atoms with E-state index in [-0.39, 0.29) is 11.5 Å². The van der Waals surface area contributed by atoms with Crippen LogP contribution in [0.4, 0.5) is 0 Å². The van der Waals surface area contributed by atoms with E-state index in [1.54, 1.807) is 0 Å². The van der Waals surface area contributed by atoms with Gasteiger partial charge in [0.15, 0.2) is 9.84 Å². The summed E-state index contributed by atoms with van der Waals surface area (Å²) in [5, 5.41) is 5.26. The average Bonchev–Trinajstić information content (AvgIpc) is 2.99. The van der Waals surface area contributed by atoms with Crippen LogP contribution in [-0.2, 0) is 19.4 Å². The third-order valence-corrected chi connectivity index (χ3v) is 6.08. The first-order valence-electron chi connectivity index (χ1n) is 8.36. The van der Waals surface area contributed by atoms with Crippen molar-refractivity contribution in [3.63, 3.8) is 0 Å². The second kappa shape index (κ2) is 7.70. The lowest BCUT2D eigenvalue weighted by Gasteiger charge is -2.20. The Kier molecular flexibility index (Phi) is 5.37. The Balaban J connectivity index is 1.72. The molecule has 2 aromatic rings. The molecule has 1 aliphatic heterocycles. The molecule has 1 fully saturated rings. The number of rotatable bonds is 4. The summed E-state index contributed by atoms with van der Waals surface area (Å²) < 4.78 is 23.0. The summed E-state index contributed by atoms with van der Waals surface area (Å²) in [4.78, 5) is 24.6. The van der Waals surface area contributed by atoms with E-state index in [2.05, 4.69) is 10.6 Å². The summed E-state index contributed by atoms with van der Waals surface area (Å²) in [7, 11) is -3.12. The smallest absolute Gasteiger partial charge is 0.310 e. The molecule has 0 radical (unpaired) electrons. The van der Waals surface area contributed by atoms with Crippen LogP contribution in [0.25, 0.3) is 0 Å². The number of hydrogen-bond acceptors (Lipinski definition) is 4. The molecule has 2 amide bonds. The molecule has 1 saturated heterocycles. The molecule has 6 nitrogen and oxygen atoms in total. The Bertz CT molecular complexity index is 843. The standard InChI is InChI=1S/C19H20N2O4S/c22-18(20-16-11-12-26(24,25)13-16)19(23)21-17(14-7-3-1-4-8-14)15-9-5-2-6-10-15/h1-10,16-17H,11-13H2,(H,20,22)(H,21,23). The third-order valence-electron chi connectivity index (χ3n) is 4.32. The van der Waals surface area contributed by atoms with Gasteiger partial charge < -0.3 is 10.6 Å². The van der Waals surface area contributed by atoms with Crippen molar-refractivity contribution < 1.29 is 18.0 Å². The Morgan fingerprint density at radius 2 is 1.42 bits per heavy atom. The summed E-state index contributed by atoms with van der Waals surface area (Å²) in [5.41, 5.74) is 1.70. The molecule has 1 unspecified atom stereocenters. The first-order valence-corrected chi connectivity index (χ1v) is 10.2. The van der Waals surface area contributed by atoms with Crippen LogP contribution in [0, 0.1) is 0 Å². The zero-order chi connectivity index (χ0) is 18.6. The van der Waals surface area contributed by atoms with E-state index >= 15 is 0 Å². The minimum Gasteiger partial charge on any atom is -0.344 e. The Hall–Kier alpha value is -2.67. The van der Waals surface area contributed by atoms with E-state index < -0.39 is 33.7 Å². The first kappa shape index (κ1) is 18.1. The molecule has 1 atom stereocenters. The summed E-state index contributed by atoms with van der Waals surface area (Å²) in [5.74, 6) is -1.68. The fourth-order valence-corrected chi connectivity index (χ4v) is 4.68. The largest absolute Gasteiger partial charge is 0.344 e. The molecular weight excluding hydrogens is 352 g/mol. The molecule has 26 heavy (non-hydrogen) atoms. The summed E-state index contributed by atoms with van der Waals surface area (Å²) in [6.07, 6.45) is 0.335. The Morgan fingerprint density at radius 1 is 0.885 bits per heavy atom. The van der Waals surface area contributed by atoms with Gasteiger partial charge in [0.2, 0.25) is 0 Å². The summed E-state index contributed by atoms with van der Waals surface area (Å²) >= 11 is 0. The van der Waals surface area contributed by atoms with Crippen molar-refractivity contribution >= 4 is 21.7 Å². The molecule has 0 aliphatic carbocycles. The minimum absolute atomic E-state index is 0.0379. The highest BCUT2D eigenvalue weighted by atomic mass is 32.2. The van der Waals surface area contributed by atoms with E-state index in [0.717, 1.165) is 11.1 Å². The van der Waals surface area contributed by atoms with Crippen molar-refractivity contribution in [1.82, 2.24) is 10.6 Å². The maximum atomic E-state index is 12.4. The SMILES string of the molecule is O=C(NC1CCS(=O)(=O)C1)C(=O)NC(c1ccccc1)c1ccccc1. The second-order valence-corrected chi connectivity index (χ2v) is 8.53. The van der Waals surface area contributed by atoms with Crippen molar-refractivity contribution in [2.75, 3.05) is 11.5 Å². The van der Waals surface area contributed by atoms with Gasteiger partial charge in [0, 0.05) is 6.04 Å². The second-order valence-electron chi connectivity index (χ2n) is 6.30. The van der Waals surface area contributed by atoms with Gasteiger partial charge in [-0.3, -0.25) is 9.59 Å². The van der Waals surface area contributed by atoms with Gasteiger partial charge in [-0.15, -0.1) is 0 Å². The van der Waals surface area contributed by atoms with Crippen molar-refractivity contribution in [3.8, 4) is 0 Å². The molecule has 0 spiro atoms.